The summed E-state index contributed by atoms with van der Waals surface area (Å²) in [6, 6.07) is 16.7. The van der Waals surface area contributed by atoms with E-state index in [1.807, 2.05) is 6.07 Å². The van der Waals surface area contributed by atoms with Crippen LogP contribution in [-0.2, 0) is 14.3 Å². The van der Waals surface area contributed by atoms with Gasteiger partial charge in [-0.15, -0.1) is 0 Å². The van der Waals surface area contributed by atoms with Crippen molar-refractivity contribution in [2.75, 3.05) is 12.1 Å². The number of benzene rings is 2. The fourth-order valence-corrected chi connectivity index (χ4v) is 3.20. The maximum absolute atomic E-state index is 12.7. The number of hydrazine groups is 1. The second-order valence-electron chi connectivity index (χ2n) is 6.36. The van der Waals surface area contributed by atoms with Gasteiger partial charge in [-0.05, 0) is 48.5 Å². The Kier molecular flexibility index (Phi) is 5.12. The number of para-hydroxylation sites is 1. The van der Waals surface area contributed by atoms with Crippen molar-refractivity contribution >= 4 is 41.1 Å². The van der Waals surface area contributed by atoms with E-state index >= 15 is 0 Å². The molecule has 1 saturated heterocycles. The summed E-state index contributed by atoms with van der Waals surface area (Å²) >= 11 is 6.24. The van der Waals surface area contributed by atoms with Crippen molar-refractivity contribution < 1.29 is 23.5 Å². The van der Waals surface area contributed by atoms with E-state index in [-0.39, 0.29) is 11.3 Å². The number of hydrogen-bond donors (Lipinski definition) is 1. The molecule has 2 heterocycles. The van der Waals surface area contributed by atoms with E-state index in [1.54, 1.807) is 54.6 Å². The van der Waals surface area contributed by atoms with Gasteiger partial charge < -0.3 is 9.15 Å². The zero-order valence-corrected chi connectivity index (χ0v) is 16.5. The molecule has 1 fully saturated rings. The third-order valence-corrected chi connectivity index (χ3v) is 4.80. The number of amides is 2. The van der Waals surface area contributed by atoms with Crippen LogP contribution < -0.4 is 10.4 Å². The Bertz CT molecular complexity index is 1180. The van der Waals surface area contributed by atoms with Crippen LogP contribution in [0.15, 0.2) is 70.7 Å². The molecule has 0 aliphatic carbocycles. The fourth-order valence-electron chi connectivity index (χ4n) is 2.99. The van der Waals surface area contributed by atoms with Crippen molar-refractivity contribution in [3.63, 3.8) is 0 Å². The molecule has 3 aromatic rings. The van der Waals surface area contributed by atoms with E-state index in [0.717, 1.165) is 0 Å². The second kappa shape index (κ2) is 7.88. The average molecular weight is 423 g/mol. The molecule has 2 amide bonds. The van der Waals surface area contributed by atoms with Crippen LogP contribution in [0.4, 0.5) is 5.69 Å². The van der Waals surface area contributed by atoms with Gasteiger partial charge in [0.05, 0.1) is 23.4 Å². The SMILES string of the molecule is COC(=O)c1ccc(Cl)c(-c2ccc(C=C3C(=O)NN(c4ccccc4)C3=O)o2)c1. The van der Waals surface area contributed by atoms with Crippen LogP contribution in [0.25, 0.3) is 17.4 Å². The van der Waals surface area contributed by atoms with Crippen LogP contribution >= 0.6 is 11.6 Å². The van der Waals surface area contributed by atoms with Crippen LogP contribution in [0, 0.1) is 0 Å². The largest absolute Gasteiger partial charge is 0.465 e. The Labute approximate surface area is 176 Å². The van der Waals surface area contributed by atoms with Crippen molar-refractivity contribution in [1.29, 1.82) is 0 Å². The van der Waals surface area contributed by atoms with E-state index in [9.17, 15) is 14.4 Å². The predicted molar refractivity (Wildman–Crippen MR) is 111 cm³/mol. The van der Waals surface area contributed by atoms with Crippen LogP contribution in [0.3, 0.4) is 0 Å². The number of ether oxygens (including phenoxy) is 1. The highest BCUT2D eigenvalue weighted by atomic mass is 35.5. The van der Waals surface area contributed by atoms with E-state index < -0.39 is 17.8 Å². The smallest absolute Gasteiger partial charge is 0.337 e. The monoisotopic (exact) mass is 422 g/mol. The predicted octanol–water partition coefficient (Wildman–Crippen LogP) is 3.85. The molecule has 2 aromatic carbocycles. The van der Waals surface area contributed by atoms with Gasteiger partial charge in [0.1, 0.15) is 17.1 Å². The fraction of sp³-hybridized carbons (Fsp3) is 0.0455. The number of rotatable bonds is 4. The van der Waals surface area contributed by atoms with Crippen LogP contribution in [0.2, 0.25) is 5.02 Å². The molecule has 7 nitrogen and oxygen atoms in total. The zero-order valence-electron chi connectivity index (χ0n) is 15.7. The lowest BCUT2D eigenvalue weighted by Gasteiger charge is -2.13. The number of furan rings is 1. The van der Waals surface area contributed by atoms with Gasteiger partial charge in [-0.3, -0.25) is 15.0 Å². The first-order chi connectivity index (χ1) is 14.5. The summed E-state index contributed by atoms with van der Waals surface area (Å²) in [5.74, 6) is -0.861. The number of anilines is 1. The maximum atomic E-state index is 12.7. The molecule has 4 rings (SSSR count). The van der Waals surface area contributed by atoms with Crippen LogP contribution in [-0.4, -0.2) is 24.9 Å². The van der Waals surface area contributed by atoms with E-state index in [0.29, 0.717) is 27.6 Å². The molecule has 0 radical (unpaired) electrons. The van der Waals surface area contributed by atoms with Crippen molar-refractivity contribution in [1.82, 2.24) is 5.43 Å². The van der Waals surface area contributed by atoms with E-state index in [1.165, 1.54) is 18.2 Å². The lowest BCUT2D eigenvalue weighted by atomic mass is 10.1. The number of esters is 1. The molecule has 0 bridgehead atoms. The molecule has 150 valence electrons. The van der Waals surface area contributed by atoms with Gasteiger partial charge in [-0.2, -0.15) is 0 Å². The van der Waals surface area contributed by atoms with Gasteiger partial charge in [0, 0.05) is 5.56 Å². The molecular weight excluding hydrogens is 408 g/mol. The van der Waals surface area contributed by atoms with Crippen LogP contribution in [0.5, 0.6) is 0 Å². The average Bonchev–Trinajstić information content (AvgIpc) is 3.34. The molecular formula is C22H15ClN2O5. The number of halogens is 1. The minimum Gasteiger partial charge on any atom is -0.465 e. The molecule has 1 aromatic heterocycles. The van der Waals surface area contributed by atoms with E-state index in [4.69, 9.17) is 20.8 Å². The summed E-state index contributed by atoms with van der Waals surface area (Å²) in [4.78, 5) is 36.7. The number of carbonyl (C=O) groups is 3. The summed E-state index contributed by atoms with van der Waals surface area (Å²) < 4.78 is 10.5. The van der Waals surface area contributed by atoms with E-state index in [2.05, 4.69) is 5.43 Å². The first kappa shape index (κ1) is 19.5. The number of hydrogen-bond acceptors (Lipinski definition) is 5. The summed E-state index contributed by atoms with van der Waals surface area (Å²) in [6.45, 7) is 0. The van der Waals surface area contributed by atoms with Crippen molar-refractivity contribution in [2.45, 2.75) is 0 Å². The van der Waals surface area contributed by atoms with Gasteiger partial charge >= 0.3 is 5.97 Å². The molecule has 8 heteroatoms. The molecule has 0 unspecified atom stereocenters. The number of nitrogens with one attached hydrogen (secondary N) is 1. The summed E-state index contributed by atoms with van der Waals surface area (Å²) in [5, 5.41) is 1.55. The molecule has 1 aliphatic heterocycles. The molecule has 1 N–H and O–H groups in total. The highest BCUT2D eigenvalue weighted by Gasteiger charge is 2.34. The van der Waals surface area contributed by atoms with Gasteiger partial charge in [0.25, 0.3) is 11.8 Å². The third kappa shape index (κ3) is 3.58. The molecule has 0 atom stereocenters. The number of nitrogens with zero attached hydrogens (tertiary/aromatic N) is 1. The Morgan fingerprint density at radius 1 is 1.10 bits per heavy atom. The highest BCUT2D eigenvalue weighted by Crippen LogP contribution is 2.31. The summed E-state index contributed by atoms with van der Waals surface area (Å²) in [7, 11) is 1.29. The van der Waals surface area contributed by atoms with Gasteiger partial charge in [-0.25, -0.2) is 9.80 Å². The molecule has 30 heavy (non-hydrogen) atoms. The Balaban J connectivity index is 1.64. The molecule has 0 saturated carbocycles. The number of carbonyl (C=O) groups excluding carboxylic acids is 3. The quantitative estimate of drug-likeness (QED) is 0.392. The third-order valence-electron chi connectivity index (χ3n) is 4.47. The summed E-state index contributed by atoms with van der Waals surface area (Å²) in [5.41, 5.74) is 3.81. The van der Waals surface area contributed by atoms with Crippen molar-refractivity contribution in [3.05, 3.63) is 82.6 Å². The zero-order chi connectivity index (χ0) is 21.3. The normalized spacial score (nSPS) is 14.9. The van der Waals surface area contributed by atoms with Crippen molar-refractivity contribution in [3.8, 4) is 11.3 Å². The first-order valence-electron chi connectivity index (χ1n) is 8.88. The molecule has 1 aliphatic rings. The van der Waals surface area contributed by atoms with Crippen molar-refractivity contribution in [2.24, 2.45) is 0 Å². The minimum absolute atomic E-state index is 0.0610. The Hall–Kier alpha value is -3.84. The van der Waals surface area contributed by atoms with Gasteiger partial charge in [0.15, 0.2) is 0 Å². The Morgan fingerprint density at radius 2 is 1.87 bits per heavy atom. The summed E-state index contributed by atoms with van der Waals surface area (Å²) in [6.07, 6.45) is 1.36. The standard InChI is InChI=1S/C22H15ClN2O5/c1-29-22(28)13-7-9-18(23)16(11-13)19-10-8-15(30-19)12-17-20(26)24-25(21(17)27)14-5-3-2-4-6-14/h2-12H,1H3,(H,24,26). The first-order valence-corrected chi connectivity index (χ1v) is 9.26. The maximum Gasteiger partial charge on any atom is 0.337 e. The minimum atomic E-state index is -0.535. The van der Waals surface area contributed by atoms with Gasteiger partial charge in [-0.1, -0.05) is 29.8 Å². The Morgan fingerprint density at radius 3 is 2.60 bits per heavy atom. The lowest BCUT2D eigenvalue weighted by Crippen LogP contribution is -2.35. The lowest BCUT2D eigenvalue weighted by molar-refractivity contribution is -0.117. The van der Waals surface area contributed by atoms with Gasteiger partial charge in [0.2, 0.25) is 0 Å². The molecule has 0 spiro atoms. The second-order valence-corrected chi connectivity index (χ2v) is 6.77. The number of methoxy groups -OCH3 is 1. The van der Waals surface area contributed by atoms with Crippen LogP contribution in [0.1, 0.15) is 16.1 Å². The topological polar surface area (TPSA) is 88.9 Å². The highest BCUT2D eigenvalue weighted by molar-refractivity contribution is 6.33.